The summed E-state index contributed by atoms with van der Waals surface area (Å²) >= 11 is 0. The van der Waals surface area contributed by atoms with E-state index in [-0.39, 0.29) is 18.1 Å². The van der Waals surface area contributed by atoms with Gasteiger partial charge in [-0.15, -0.1) is 0 Å². The van der Waals surface area contributed by atoms with Crippen molar-refractivity contribution in [1.82, 2.24) is 19.8 Å². The first-order chi connectivity index (χ1) is 15.0. The van der Waals surface area contributed by atoms with Gasteiger partial charge in [0.1, 0.15) is 23.9 Å². The molecular weight excluding hydrogens is 399 g/mol. The number of halogens is 1. The lowest BCUT2D eigenvalue weighted by Crippen LogP contribution is -2.23. The maximum absolute atomic E-state index is 14.5. The summed E-state index contributed by atoms with van der Waals surface area (Å²) in [4.78, 5) is 12.3. The Kier molecular flexibility index (Phi) is 5.53. The molecule has 0 aliphatic carbocycles. The highest BCUT2D eigenvalue weighted by molar-refractivity contribution is 5.66. The molecule has 0 amide bonds. The molecule has 0 fully saturated rings. The van der Waals surface area contributed by atoms with Gasteiger partial charge in [-0.2, -0.15) is 9.36 Å². The third-order valence-electron chi connectivity index (χ3n) is 5.06. The third kappa shape index (κ3) is 4.05. The van der Waals surface area contributed by atoms with Crippen molar-refractivity contribution in [3.05, 3.63) is 88.1 Å². The van der Waals surface area contributed by atoms with Crippen molar-refractivity contribution < 1.29 is 13.9 Å². The van der Waals surface area contributed by atoms with E-state index in [9.17, 15) is 9.18 Å². The molecule has 1 aromatic heterocycles. The average Bonchev–Trinajstić information content (AvgIpc) is 3.12. The predicted molar refractivity (Wildman–Crippen MR) is 114 cm³/mol. The molecule has 4 aromatic rings. The Morgan fingerprint density at radius 3 is 2.42 bits per heavy atom. The van der Waals surface area contributed by atoms with Crippen LogP contribution in [0.5, 0.6) is 11.5 Å². The second-order valence-electron chi connectivity index (χ2n) is 7.03. The van der Waals surface area contributed by atoms with Crippen molar-refractivity contribution >= 4 is 0 Å². The number of benzene rings is 3. The summed E-state index contributed by atoms with van der Waals surface area (Å²) < 4.78 is 28.0. The van der Waals surface area contributed by atoms with Crippen LogP contribution in [0.15, 0.2) is 65.5 Å². The van der Waals surface area contributed by atoms with Crippen LogP contribution in [-0.2, 0) is 13.7 Å². The molecule has 0 saturated heterocycles. The van der Waals surface area contributed by atoms with Gasteiger partial charge in [0.05, 0.1) is 12.8 Å². The lowest BCUT2D eigenvalue weighted by atomic mass is 10.0. The smallest absolute Gasteiger partial charge is 0.368 e. The van der Waals surface area contributed by atoms with E-state index in [1.807, 2.05) is 19.1 Å². The van der Waals surface area contributed by atoms with E-state index in [0.29, 0.717) is 28.3 Å². The summed E-state index contributed by atoms with van der Waals surface area (Å²) in [5.74, 6) is 0.857. The fourth-order valence-electron chi connectivity index (χ4n) is 3.28. The minimum Gasteiger partial charge on any atom is -0.497 e. The standard InChI is InChI=1S/C23H21FN4O3/c1-15-5-4-6-22(28-23(29)27(2)25-26-28)20(15)14-31-18-11-12-21(24)19(13-18)16-7-9-17(30-3)10-8-16/h4-13H,14H2,1-3H3. The quantitative estimate of drug-likeness (QED) is 0.476. The van der Waals surface area contributed by atoms with Crippen LogP contribution in [0.4, 0.5) is 4.39 Å². The van der Waals surface area contributed by atoms with Crippen molar-refractivity contribution in [3.63, 3.8) is 0 Å². The molecule has 4 rings (SSSR count). The van der Waals surface area contributed by atoms with E-state index in [4.69, 9.17) is 9.47 Å². The van der Waals surface area contributed by atoms with Gasteiger partial charge in [0.2, 0.25) is 0 Å². The fraction of sp³-hybridized carbons (Fsp3) is 0.174. The largest absolute Gasteiger partial charge is 0.497 e. The van der Waals surface area contributed by atoms with Crippen LogP contribution in [0.3, 0.4) is 0 Å². The second-order valence-corrected chi connectivity index (χ2v) is 7.03. The molecule has 0 atom stereocenters. The molecule has 0 aliphatic heterocycles. The van der Waals surface area contributed by atoms with Gasteiger partial charge in [-0.1, -0.05) is 24.3 Å². The summed E-state index contributed by atoms with van der Waals surface area (Å²) in [7, 11) is 3.12. The molecule has 0 aliphatic rings. The number of methoxy groups -OCH3 is 1. The van der Waals surface area contributed by atoms with Gasteiger partial charge < -0.3 is 9.47 Å². The van der Waals surface area contributed by atoms with Crippen LogP contribution in [0.25, 0.3) is 16.8 Å². The van der Waals surface area contributed by atoms with E-state index in [1.54, 1.807) is 49.6 Å². The molecule has 1 heterocycles. The normalized spacial score (nSPS) is 10.8. The molecule has 0 unspecified atom stereocenters. The molecular formula is C23H21FN4O3. The number of ether oxygens (including phenoxy) is 2. The SMILES string of the molecule is COc1ccc(-c2cc(OCc3c(C)cccc3-n3nnn(C)c3=O)ccc2F)cc1. The van der Waals surface area contributed by atoms with E-state index in [0.717, 1.165) is 15.8 Å². The molecule has 7 nitrogen and oxygen atoms in total. The number of rotatable bonds is 6. The summed E-state index contributed by atoms with van der Waals surface area (Å²) in [6.45, 7) is 2.11. The Hall–Kier alpha value is -3.94. The zero-order chi connectivity index (χ0) is 22.0. The van der Waals surface area contributed by atoms with E-state index in [1.165, 1.54) is 17.8 Å². The molecule has 0 saturated carbocycles. The molecule has 8 heteroatoms. The van der Waals surface area contributed by atoms with Crippen molar-refractivity contribution in [3.8, 4) is 28.3 Å². The highest BCUT2D eigenvalue weighted by atomic mass is 19.1. The maximum Gasteiger partial charge on any atom is 0.368 e. The molecule has 31 heavy (non-hydrogen) atoms. The Morgan fingerprint density at radius 2 is 1.74 bits per heavy atom. The average molecular weight is 420 g/mol. The summed E-state index contributed by atoms with van der Waals surface area (Å²) in [6.07, 6.45) is 0. The van der Waals surface area contributed by atoms with Gasteiger partial charge in [-0.25, -0.2) is 9.18 Å². The van der Waals surface area contributed by atoms with Gasteiger partial charge in [0.15, 0.2) is 0 Å². The first-order valence-electron chi connectivity index (χ1n) is 9.62. The Balaban J connectivity index is 1.63. The Bertz CT molecular complexity index is 1280. The lowest BCUT2D eigenvalue weighted by molar-refractivity contribution is 0.304. The van der Waals surface area contributed by atoms with Crippen molar-refractivity contribution in [1.29, 1.82) is 0 Å². The second kappa shape index (κ2) is 8.43. The molecule has 0 radical (unpaired) electrons. The highest BCUT2D eigenvalue weighted by Gasteiger charge is 2.14. The van der Waals surface area contributed by atoms with Crippen LogP contribution < -0.4 is 15.2 Å². The van der Waals surface area contributed by atoms with E-state index >= 15 is 0 Å². The Morgan fingerprint density at radius 1 is 1.00 bits per heavy atom. The number of tetrazole rings is 1. The molecule has 0 N–H and O–H groups in total. The van der Waals surface area contributed by atoms with Gasteiger partial charge in [-0.3, -0.25) is 0 Å². The summed E-state index contributed by atoms with van der Waals surface area (Å²) in [5.41, 5.74) is 3.11. The van der Waals surface area contributed by atoms with Gasteiger partial charge >= 0.3 is 5.69 Å². The van der Waals surface area contributed by atoms with Crippen molar-refractivity contribution in [2.24, 2.45) is 7.05 Å². The zero-order valence-electron chi connectivity index (χ0n) is 17.4. The fourth-order valence-corrected chi connectivity index (χ4v) is 3.28. The Labute approximate surface area is 178 Å². The van der Waals surface area contributed by atoms with Crippen LogP contribution in [0.2, 0.25) is 0 Å². The highest BCUT2D eigenvalue weighted by Crippen LogP contribution is 2.29. The minimum absolute atomic E-state index is 0.179. The van der Waals surface area contributed by atoms with Crippen molar-refractivity contribution in [2.45, 2.75) is 13.5 Å². The molecule has 3 aromatic carbocycles. The number of hydrogen-bond acceptors (Lipinski definition) is 5. The first kappa shape index (κ1) is 20.3. The monoisotopic (exact) mass is 420 g/mol. The number of nitrogens with zero attached hydrogens (tertiary/aromatic N) is 4. The minimum atomic E-state index is -0.351. The summed E-state index contributed by atoms with van der Waals surface area (Å²) in [6, 6.07) is 17.3. The van der Waals surface area contributed by atoms with Crippen LogP contribution in [0.1, 0.15) is 11.1 Å². The summed E-state index contributed by atoms with van der Waals surface area (Å²) in [5, 5.41) is 7.70. The van der Waals surface area contributed by atoms with Crippen LogP contribution in [0, 0.1) is 12.7 Å². The number of aryl methyl sites for hydroxylation is 2. The topological polar surface area (TPSA) is 71.2 Å². The third-order valence-corrected chi connectivity index (χ3v) is 5.06. The number of hydrogen-bond donors (Lipinski definition) is 0. The van der Waals surface area contributed by atoms with Gasteiger partial charge in [0.25, 0.3) is 0 Å². The first-order valence-corrected chi connectivity index (χ1v) is 9.62. The molecule has 158 valence electrons. The van der Waals surface area contributed by atoms with Crippen LogP contribution in [-0.4, -0.2) is 26.9 Å². The zero-order valence-corrected chi connectivity index (χ0v) is 17.4. The lowest BCUT2D eigenvalue weighted by Gasteiger charge is -2.14. The number of aromatic nitrogens is 4. The maximum atomic E-state index is 14.5. The molecule has 0 spiro atoms. The van der Waals surface area contributed by atoms with Crippen LogP contribution >= 0.6 is 0 Å². The predicted octanol–water partition coefficient (Wildman–Crippen LogP) is 3.67. The molecule has 0 bridgehead atoms. The van der Waals surface area contributed by atoms with E-state index < -0.39 is 0 Å². The van der Waals surface area contributed by atoms with Crippen molar-refractivity contribution in [2.75, 3.05) is 7.11 Å². The van der Waals surface area contributed by atoms with Gasteiger partial charge in [-0.05, 0) is 64.9 Å². The van der Waals surface area contributed by atoms with E-state index in [2.05, 4.69) is 10.4 Å². The van der Waals surface area contributed by atoms with Gasteiger partial charge in [0, 0.05) is 18.2 Å².